The van der Waals surface area contributed by atoms with Crippen molar-refractivity contribution < 1.29 is 14.7 Å². The highest BCUT2D eigenvalue weighted by Crippen LogP contribution is 2.43. The zero-order valence-corrected chi connectivity index (χ0v) is 18.8. The van der Waals surface area contributed by atoms with E-state index >= 15 is 0 Å². The van der Waals surface area contributed by atoms with Gasteiger partial charge in [0.25, 0.3) is 11.7 Å². The maximum absolute atomic E-state index is 13.2. The van der Waals surface area contributed by atoms with Gasteiger partial charge in [-0.25, -0.2) is 0 Å². The lowest BCUT2D eigenvalue weighted by molar-refractivity contribution is -0.132. The van der Waals surface area contributed by atoms with Crippen LogP contribution in [0.5, 0.6) is 0 Å². The van der Waals surface area contributed by atoms with Crippen LogP contribution in [-0.2, 0) is 28.9 Å². The van der Waals surface area contributed by atoms with Crippen molar-refractivity contribution in [2.75, 3.05) is 4.90 Å². The van der Waals surface area contributed by atoms with Crippen LogP contribution >= 0.6 is 11.3 Å². The fraction of sp³-hybridized carbons (Fsp3) is 0.259. The highest BCUT2D eigenvalue weighted by molar-refractivity contribution is 7.10. The number of aliphatic hydroxyl groups excluding tert-OH is 1. The quantitative estimate of drug-likeness (QED) is 0.314. The van der Waals surface area contributed by atoms with Crippen LogP contribution < -0.4 is 4.90 Å². The zero-order chi connectivity index (χ0) is 22.2. The number of thiophene rings is 1. The number of carbonyl (C=O) groups is 2. The van der Waals surface area contributed by atoms with Crippen molar-refractivity contribution in [3.8, 4) is 0 Å². The maximum atomic E-state index is 13.2. The number of carbonyl (C=O) groups excluding carboxylic acids is 2. The summed E-state index contributed by atoms with van der Waals surface area (Å²) in [6.07, 6.45) is 5.22. The van der Waals surface area contributed by atoms with Gasteiger partial charge in [-0.1, -0.05) is 37.3 Å². The van der Waals surface area contributed by atoms with Crippen LogP contribution in [0.15, 0.2) is 65.6 Å². The van der Waals surface area contributed by atoms with Gasteiger partial charge in [-0.05, 0) is 78.4 Å². The van der Waals surface area contributed by atoms with E-state index in [2.05, 4.69) is 6.92 Å². The molecular weight excluding hydrogens is 418 g/mol. The van der Waals surface area contributed by atoms with Gasteiger partial charge in [0.15, 0.2) is 0 Å². The van der Waals surface area contributed by atoms with E-state index in [1.54, 1.807) is 0 Å². The lowest BCUT2D eigenvalue weighted by atomic mass is 9.89. The summed E-state index contributed by atoms with van der Waals surface area (Å²) in [4.78, 5) is 28.8. The number of nitrogens with zero attached hydrogens (tertiary/aromatic N) is 1. The molecule has 0 radical (unpaired) electrons. The Morgan fingerprint density at radius 2 is 1.78 bits per heavy atom. The summed E-state index contributed by atoms with van der Waals surface area (Å²) in [5, 5.41) is 13.2. The summed E-state index contributed by atoms with van der Waals surface area (Å²) in [5.41, 5.74) is 5.11. The Kier molecular flexibility index (Phi) is 5.43. The van der Waals surface area contributed by atoms with Crippen molar-refractivity contribution in [3.05, 3.63) is 92.7 Å². The molecule has 1 fully saturated rings. The highest BCUT2D eigenvalue weighted by Gasteiger charge is 2.47. The smallest absolute Gasteiger partial charge is 0.300 e. The molecule has 1 amide bonds. The van der Waals surface area contributed by atoms with E-state index in [-0.39, 0.29) is 11.3 Å². The second-order valence-electron chi connectivity index (χ2n) is 8.40. The molecule has 162 valence electrons. The molecule has 1 atom stereocenters. The summed E-state index contributed by atoms with van der Waals surface area (Å²) in [7, 11) is 0. The van der Waals surface area contributed by atoms with Gasteiger partial charge in [-0.15, -0.1) is 11.3 Å². The second kappa shape index (κ2) is 8.40. The molecule has 32 heavy (non-hydrogen) atoms. The van der Waals surface area contributed by atoms with E-state index < -0.39 is 17.7 Å². The largest absolute Gasteiger partial charge is 0.507 e. The molecule has 1 N–H and O–H groups in total. The molecule has 1 aliphatic carbocycles. The standard InChI is InChI=1S/C27H25NO3S/c1-2-17-9-13-21(14-10-17)28-24(22-8-5-15-32-22)23(26(30)27(28)31)25(29)20-12-11-18-6-3-4-7-19(18)16-20/h5,8-16,24,29H,2-4,6-7H2,1H3/b25-23-. The molecule has 5 rings (SSSR count). The van der Waals surface area contributed by atoms with Crippen molar-refractivity contribution in [1.82, 2.24) is 0 Å². The fourth-order valence-corrected chi connectivity index (χ4v) is 5.57. The highest BCUT2D eigenvalue weighted by atomic mass is 32.1. The van der Waals surface area contributed by atoms with Gasteiger partial charge >= 0.3 is 0 Å². The van der Waals surface area contributed by atoms with Crippen LogP contribution in [0.2, 0.25) is 0 Å². The van der Waals surface area contributed by atoms with Gasteiger partial charge in [0, 0.05) is 16.1 Å². The molecule has 3 aromatic rings. The number of aryl methyl sites for hydroxylation is 3. The molecule has 0 spiro atoms. The van der Waals surface area contributed by atoms with Gasteiger partial charge in [0.1, 0.15) is 11.8 Å². The van der Waals surface area contributed by atoms with Gasteiger partial charge in [-0.3, -0.25) is 14.5 Å². The molecule has 1 unspecified atom stereocenters. The average Bonchev–Trinajstić information content (AvgIpc) is 3.45. The molecule has 0 bridgehead atoms. The number of rotatable bonds is 4. The number of aliphatic hydroxyl groups is 1. The van der Waals surface area contributed by atoms with E-state index in [1.807, 2.05) is 60.0 Å². The Balaban J connectivity index is 1.65. The minimum Gasteiger partial charge on any atom is -0.507 e. The van der Waals surface area contributed by atoms with Crippen LogP contribution in [0.1, 0.15) is 52.9 Å². The van der Waals surface area contributed by atoms with Crippen molar-refractivity contribution >= 4 is 34.5 Å². The zero-order valence-electron chi connectivity index (χ0n) is 18.0. The van der Waals surface area contributed by atoms with E-state index in [4.69, 9.17) is 0 Å². The minimum atomic E-state index is -0.641. The first kappa shape index (κ1) is 20.7. The number of anilines is 1. The van der Waals surface area contributed by atoms with Crippen LogP contribution in [-0.4, -0.2) is 16.8 Å². The lowest BCUT2D eigenvalue weighted by Gasteiger charge is -2.24. The van der Waals surface area contributed by atoms with Gasteiger partial charge < -0.3 is 5.11 Å². The summed E-state index contributed by atoms with van der Waals surface area (Å²) in [5.74, 6) is -1.34. The van der Waals surface area contributed by atoms with Crippen LogP contribution in [0, 0.1) is 0 Å². The maximum Gasteiger partial charge on any atom is 0.300 e. The number of hydrogen-bond donors (Lipinski definition) is 1. The van der Waals surface area contributed by atoms with Crippen LogP contribution in [0.3, 0.4) is 0 Å². The molecule has 4 nitrogen and oxygen atoms in total. The monoisotopic (exact) mass is 443 g/mol. The van der Waals surface area contributed by atoms with Crippen LogP contribution in [0.4, 0.5) is 5.69 Å². The van der Waals surface area contributed by atoms with Crippen molar-refractivity contribution in [1.29, 1.82) is 0 Å². The molecular formula is C27H25NO3S. The first-order valence-corrected chi connectivity index (χ1v) is 12.0. The fourth-order valence-electron chi connectivity index (χ4n) is 4.74. The van der Waals surface area contributed by atoms with Crippen molar-refractivity contribution in [2.24, 2.45) is 0 Å². The first-order valence-electron chi connectivity index (χ1n) is 11.1. The summed E-state index contributed by atoms with van der Waals surface area (Å²) in [6, 6.07) is 16.8. The molecule has 0 saturated carbocycles. The minimum absolute atomic E-state index is 0.0946. The SMILES string of the molecule is CCc1ccc(N2C(=O)C(=O)/C(=C(\O)c3ccc4c(c3)CCCC4)C2c2cccs2)cc1. The Labute approximate surface area is 191 Å². The number of fused-ring (bicyclic) bond motifs is 1. The Hall–Kier alpha value is -3.18. The predicted octanol–water partition coefficient (Wildman–Crippen LogP) is 5.82. The van der Waals surface area contributed by atoms with Gasteiger partial charge in [0.2, 0.25) is 0 Å². The normalized spacial score (nSPS) is 19.9. The van der Waals surface area contributed by atoms with E-state index in [9.17, 15) is 14.7 Å². The summed E-state index contributed by atoms with van der Waals surface area (Å²) < 4.78 is 0. The van der Waals surface area contributed by atoms with Gasteiger partial charge in [-0.2, -0.15) is 0 Å². The molecule has 1 aliphatic heterocycles. The molecule has 1 saturated heterocycles. The molecule has 2 heterocycles. The lowest BCUT2D eigenvalue weighted by Crippen LogP contribution is -2.29. The number of benzene rings is 2. The number of amides is 1. The predicted molar refractivity (Wildman–Crippen MR) is 128 cm³/mol. The molecule has 2 aliphatic rings. The number of Topliss-reactive ketones (excluding diaryl/α,β-unsaturated/α-hetero) is 1. The second-order valence-corrected chi connectivity index (χ2v) is 9.37. The molecule has 1 aromatic heterocycles. The van der Waals surface area contributed by atoms with Crippen molar-refractivity contribution in [3.63, 3.8) is 0 Å². The summed E-state index contributed by atoms with van der Waals surface area (Å²) in [6.45, 7) is 2.07. The Bertz CT molecular complexity index is 1210. The number of ketones is 1. The van der Waals surface area contributed by atoms with Gasteiger partial charge in [0.05, 0.1) is 5.57 Å². The summed E-state index contributed by atoms with van der Waals surface area (Å²) >= 11 is 1.48. The van der Waals surface area contributed by atoms with E-state index in [0.717, 1.165) is 36.1 Å². The topological polar surface area (TPSA) is 57.6 Å². The third-order valence-corrected chi connectivity index (χ3v) is 7.43. The van der Waals surface area contributed by atoms with Crippen LogP contribution in [0.25, 0.3) is 5.76 Å². The third-order valence-electron chi connectivity index (χ3n) is 6.50. The Morgan fingerprint density at radius 1 is 1.03 bits per heavy atom. The van der Waals surface area contributed by atoms with E-state index in [1.165, 1.54) is 33.8 Å². The third kappa shape index (κ3) is 3.47. The number of hydrogen-bond acceptors (Lipinski definition) is 4. The first-order chi connectivity index (χ1) is 15.6. The average molecular weight is 444 g/mol. The Morgan fingerprint density at radius 3 is 2.47 bits per heavy atom. The van der Waals surface area contributed by atoms with E-state index in [0.29, 0.717) is 11.3 Å². The van der Waals surface area contributed by atoms with Crippen molar-refractivity contribution in [2.45, 2.75) is 45.1 Å². The molecule has 2 aromatic carbocycles. The molecule has 5 heteroatoms.